The van der Waals surface area contributed by atoms with Gasteiger partial charge in [-0.05, 0) is 31.3 Å². The van der Waals surface area contributed by atoms with Crippen molar-refractivity contribution in [3.63, 3.8) is 0 Å². The Morgan fingerprint density at radius 3 is 2.65 bits per heavy atom. The van der Waals surface area contributed by atoms with Gasteiger partial charge < -0.3 is 11.1 Å². The molecule has 0 spiro atoms. The zero-order chi connectivity index (χ0) is 12.8. The number of nitrogens with zero attached hydrogens (tertiary/aromatic N) is 1. The van der Waals surface area contributed by atoms with Crippen LogP contribution < -0.4 is 11.1 Å². The molecule has 0 saturated carbocycles. The maximum absolute atomic E-state index is 13.0. The Balaban J connectivity index is 2.64. The van der Waals surface area contributed by atoms with E-state index in [0.29, 0.717) is 11.4 Å². The number of carbonyl (C=O) groups is 1. The summed E-state index contributed by atoms with van der Waals surface area (Å²) in [4.78, 5) is 13.6. The Morgan fingerprint density at radius 2 is 2.06 bits per heavy atom. The molecule has 94 valence electrons. The third kappa shape index (κ3) is 4.03. The van der Waals surface area contributed by atoms with Crippen molar-refractivity contribution >= 4 is 17.3 Å². The molecule has 5 heteroatoms. The Labute approximate surface area is 101 Å². The van der Waals surface area contributed by atoms with E-state index in [-0.39, 0.29) is 12.5 Å². The lowest BCUT2D eigenvalue weighted by Gasteiger charge is -2.17. The average molecular weight is 239 g/mol. The molecule has 0 aliphatic carbocycles. The molecule has 1 amide bonds. The molecule has 4 nitrogen and oxygen atoms in total. The first-order valence-electron chi connectivity index (χ1n) is 5.64. The van der Waals surface area contributed by atoms with E-state index >= 15 is 0 Å². The number of likely N-dealkylation sites (N-methyl/N-ethyl adjacent to an activating group) is 1. The average Bonchev–Trinajstić information content (AvgIpc) is 2.31. The van der Waals surface area contributed by atoms with Gasteiger partial charge in [-0.2, -0.15) is 0 Å². The first kappa shape index (κ1) is 13.4. The van der Waals surface area contributed by atoms with Crippen LogP contribution in [0.2, 0.25) is 0 Å². The van der Waals surface area contributed by atoms with E-state index in [1.807, 2.05) is 18.7 Å². The summed E-state index contributed by atoms with van der Waals surface area (Å²) in [5, 5.41) is 2.60. The standard InChI is InChI=1S/C12H18FN3O/c1-3-16(4-2)8-12(17)15-11-7-9(13)5-6-10(11)14/h5-7H,3-4,8,14H2,1-2H3,(H,15,17). The van der Waals surface area contributed by atoms with Crippen LogP contribution in [-0.4, -0.2) is 30.4 Å². The summed E-state index contributed by atoms with van der Waals surface area (Å²) < 4.78 is 13.0. The number of rotatable bonds is 5. The number of carbonyl (C=O) groups excluding carboxylic acids is 1. The van der Waals surface area contributed by atoms with E-state index in [1.165, 1.54) is 18.2 Å². The minimum absolute atomic E-state index is 0.189. The summed E-state index contributed by atoms with van der Waals surface area (Å²) in [6, 6.07) is 3.91. The van der Waals surface area contributed by atoms with Crippen molar-refractivity contribution in [3.8, 4) is 0 Å². The third-order valence-corrected chi connectivity index (χ3v) is 2.55. The Kier molecular flexibility index (Phi) is 4.90. The molecular formula is C12H18FN3O. The Hall–Kier alpha value is -1.62. The van der Waals surface area contributed by atoms with E-state index in [4.69, 9.17) is 5.73 Å². The lowest BCUT2D eigenvalue weighted by atomic mass is 10.2. The lowest BCUT2D eigenvalue weighted by Crippen LogP contribution is -2.33. The van der Waals surface area contributed by atoms with Gasteiger partial charge in [-0.3, -0.25) is 9.69 Å². The number of nitrogens with two attached hydrogens (primary N) is 1. The molecule has 1 aromatic rings. The number of hydrogen-bond donors (Lipinski definition) is 2. The molecule has 0 heterocycles. The molecule has 0 aromatic heterocycles. The third-order valence-electron chi connectivity index (χ3n) is 2.55. The van der Waals surface area contributed by atoms with Gasteiger partial charge in [-0.1, -0.05) is 13.8 Å². The fourth-order valence-electron chi connectivity index (χ4n) is 1.48. The van der Waals surface area contributed by atoms with Crippen LogP contribution in [-0.2, 0) is 4.79 Å². The van der Waals surface area contributed by atoms with Gasteiger partial charge in [-0.25, -0.2) is 4.39 Å². The van der Waals surface area contributed by atoms with E-state index < -0.39 is 5.82 Å². The molecule has 0 atom stereocenters. The fraction of sp³-hybridized carbons (Fsp3) is 0.417. The fourth-order valence-corrected chi connectivity index (χ4v) is 1.48. The molecular weight excluding hydrogens is 221 g/mol. The quantitative estimate of drug-likeness (QED) is 0.769. The maximum atomic E-state index is 13.0. The summed E-state index contributed by atoms with van der Waals surface area (Å²) in [6.07, 6.45) is 0. The number of nitrogens with one attached hydrogen (secondary N) is 1. The zero-order valence-electron chi connectivity index (χ0n) is 10.2. The largest absolute Gasteiger partial charge is 0.397 e. The van der Waals surface area contributed by atoms with Crippen LogP contribution in [0.4, 0.5) is 15.8 Å². The number of nitrogen functional groups attached to an aromatic ring is 1. The van der Waals surface area contributed by atoms with Gasteiger partial charge in [0, 0.05) is 0 Å². The summed E-state index contributed by atoms with van der Waals surface area (Å²) in [5.41, 5.74) is 6.32. The maximum Gasteiger partial charge on any atom is 0.238 e. The molecule has 0 bridgehead atoms. The van der Waals surface area contributed by atoms with E-state index in [9.17, 15) is 9.18 Å². The van der Waals surface area contributed by atoms with Crippen molar-refractivity contribution in [2.45, 2.75) is 13.8 Å². The van der Waals surface area contributed by atoms with Gasteiger partial charge in [0.25, 0.3) is 0 Å². The second-order valence-electron chi connectivity index (χ2n) is 3.74. The van der Waals surface area contributed by atoms with Gasteiger partial charge in [0.15, 0.2) is 0 Å². The van der Waals surface area contributed by atoms with E-state index in [1.54, 1.807) is 0 Å². The minimum atomic E-state index is -0.419. The van der Waals surface area contributed by atoms with Crippen molar-refractivity contribution < 1.29 is 9.18 Å². The van der Waals surface area contributed by atoms with Crippen LogP contribution >= 0.6 is 0 Å². The summed E-state index contributed by atoms with van der Waals surface area (Å²) in [7, 11) is 0. The zero-order valence-corrected chi connectivity index (χ0v) is 10.2. The van der Waals surface area contributed by atoms with Crippen LogP contribution in [0.5, 0.6) is 0 Å². The lowest BCUT2D eigenvalue weighted by molar-refractivity contribution is -0.117. The van der Waals surface area contributed by atoms with Crippen LogP contribution in [0.25, 0.3) is 0 Å². The van der Waals surface area contributed by atoms with Crippen LogP contribution in [0.15, 0.2) is 18.2 Å². The molecule has 1 aromatic carbocycles. The molecule has 3 N–H and O–H groups in total. The molecule has 0 aliphatic rings. The second kappa shape index (κ2) is 6.20. The summed E-state index contributed by atoms with van der Waals surface area (Å²) in [5.74, 6) is -0.608. The van der Waals surface area contributed by atoms with Gasteiger partial charge in [0.2, 0.25) is 5.91 Å². The van der Waals surface area contributed by atoms with Gasteiger partial charge in [0.1, 0.15) is 5.82 Å². The molecule has 0 aliphatic heterocycles. The van der Waals surface area contributed by atoms with Crippen LogP contribution in [0, 0.1) is 5.82 Å². The second-order valence-corrected chi connectivity index (χ2v) is 3.74. The number of benzene rings is 1. The number of halogens is 1. The Morgan fingerprint density at radius 1 is 1.41 bits per heavy atom. The predicted molar refractivity (Wildman–Crippen MR) is 67.2 cm³/mol. The van der Waals surface area contributed by atoms with Crippen molar-refractivity contribution in [2.75, 3.05) is 30.7 Å². The monoisotopic (exact) mass is 239 g/mol. The first-order valence-corrected chi connectivity index (χ1v) is 5.64. The highest BCUT2D eigenvalue weighted by Crippen LogP contribution is 2.18. The molecule has 0 unspecified atom stereocenters. The minimum Gasteiger partial charge on any atom is -0.397 e. The first-order chi connectivity index (χ1) is 8.06. The Bertz CT molecular complexity index is 391. The van der Waals surface area contributed by atoms with Crippen molar-refractivity contribution in [3.05, 3.63) is 24.0 Å². The molecule has 0 radical (unpaired) electrons. The number of anilines is 2. The smallest absolute Gasteiger partial charge is 0.238 e. The highest BCUT2D eigenvalue weighted by Gasteiger charge is 2.09. The molecule has 17 heavy (non-hydrogen) atoms. The number of hydrogen-bond acceptors (Lipinski definition) is 3. The van der Waals surface area contributed by atoms with Crippen LogP contribution in [0.1, 0.15) is 13.8 Å². The van der Waals surface area contributed by atoms with E-state index in [0.717, 1.165) is 13.1 Å². The van der Waals surface area contributed by atoms with Gasteiger partial charge in [0.05, 0.1) is 17.9 Å². The SMILES string of the molecule is CCN(CC)CC(=O)Nc1cc(F)ccc1N. The normalized spacial score (nSPS) is 10.6. The van der Waals surface area contributed by atoms with Crippen LogP contribution in [0.3, 0.4) is 0 Å². The topological polar surface area (TPSA) is 58.4 Å². The molecule has 0 fully saturated rings. The van der Waals surface area contributed by atoms with E-state index in [2.05, 4.69) is 5.32 Å². The number of amides is 1. The summed E-state index contributed by atoms with van der Waals surface area (Å²) >= 11 is 0. The van der Waals surface area contributed by atoms with Gasteiger partial charge >= 0.3 is 0 Å². The highest BCUT2D eigenvalue weighted by atomic mass is 19.1. The summed E-state index contributed by atoms with van der Waals surface area (Å²) in [6.45, 7) is 5.83. The van der Waals surface area contributed by atoms with Gasteiger partial charge in [-0.15, -0.1) is 0 Å². The highest BCUT2D eigenvalue weighted by molar-refractivity contribution is 5.95. The predicted octanol–water partition coefficient (Wildman–Crippen LogP) is 1.69. The van der Waals surface area contributed by atoms with Crippen molar-refractivity contribution in [1.29, 1.82) is 0 Å². The molecule has 0 saturated heterocycles. The van der Waals surface area contributed by atoms with Crippen molar-refractivity contribution in [2.24, 2.45) is 0 Å². The van der Waals surface area contributed by atoms with Crippen molar-refractivity contribution in [1.82, 2.24) is 4.90 Å². The molecule has 1 rings (SSSR count).